The average molecular weight is 398 g/mol. The molecule has 0 aromatic heterocycles. The van der Waals surface area contributed by atoms with Gasteiger partial charge in [0.1, 0.15) is 0 Å². The van der Waals surface area contributed by atoms with Gasteiger partial charge in [0, 0.05) is 0 Å². The molecule has 0 aliphatic heterocycles. The summed E-state index contributed by atoms with van der Waals surface area (Å²) >= 11 is 0. The minimum Gasteiger partial charge on any atom is -0.305 e. The third-order valence-corrected chi connectivity index (χ3v) is 11.6. The molecule has 0 N–H and O–H groups in total. The molecule has 0 aromatic carbocycles. The summed E-state index contributed by atoms with van der Waals surface area (Å²) in [5.74, 6) is -0.154. The van der Waals surface area contributed by atoms with Crippen LogP contribution in [0.2, 0.25) is 0 Å². The molecule has 1 unspecified atom stereocenters. The number of hydrogen-bond acceptors (Lipinski definition) is 6. The molecule has 0 spiro atoms. The summed E-state index contributed by atoms with van der Waals surface area (Å²) < 4.78 is 51.3. The van der Waals surface area contributed by atoms with Crippen molar-refractivity contribution in [3.63, 3.8) is 0 Å². The molecular formula is C17H36O6P2. The zero-order valence-corrected chi connectivity index (χ0v) is 18.9. The molecule has 8 heteroatoms. The Morgan fingerprint density at radius 2 is 1.00 bits per heavy atom. The van der Waals surface area contributed by atoms with E-state index in [0.717, 1.165) is 6.42 Å². The van der Waals surface area contributed by atoms with E-state index in [-0.39, 0.29) is 30.3 Å². The third-order valence-electron chi connectivity index (χ3n) is 4.08. The van der Waals surface area contributed by atoms with Gasteiger partial charge in [0.15, 0.2) is 4.90 Å². The van der Waals surface area contributed by atoms with E-state index < -0.39 is 20.1 Å². The van der Waals surface area contributed by atoms with Crippen molar-refractivity contribution in [3.8, 4) is 0 Å². The fraction of sp³-hybridized carbons (Fsp3) is 1.00. The van der Waals surface area contributed by atoms with Gasteiger partial charge in [0.2, 0.25) is 0 Å². The van der Waals surface area contributed by atoms with Crippen LogP contribution in [-0.4, -0.2) is 29.3 Å². The lowest BCUT2D eigenvalue weighted by Gasteiger charge is -2.53. The normalized spacial score (nSPS) is 21.4. The highest BCUT2D eigenvalue weighted by molar-refractivity contribution is 7.74. The topological polar surface area (TPSA) is 71.1 Å². The predicted octanol–water partition coefficient (Wildman–Crippen LogP) is 6.20. The molecule has 0 radical (unpaired) electrons. The molecule has 6 nitrogen and oxygen atoms in total. The van der Waals surface area contributed by atoms with Crippen molar-refractivity contribution in [2.24, 2.45) is 5.92 Å². The Labute approximate surface area is 153 Å². The first-order valence-electron chi connectivity index (χ1n) is 9.23. The first kappa shape index (κ1) is 23.3. The van der Waals surface area contributed by atoms with E-state index in [0.29, 0.717) is 6.42 Å². The maximum absolute atomic E-state index is 14.0. The van der Waals surface area contributed by atoms with Crippen LogP contribution in [0.25, 0.3) is 0 Å². The second kappa shape index (κ2) is 8.54. The van der Waals surface area contributed by atoms with Crippen molar-refractivity contribution in [2.45, 2.75) is 104 Å². The summed E-state index contributed by atoms with van der Waals surface area (Å²) in [6.07, 6.45) is -0.121. The first-order chi connectivity index (χ1) is 11.3. The summed E-state index contributed by atoms with van der Waals surface area (Å²) in [6.45, 7) is 16.3. The third kappa shape index (κ3) is 4.78. The molecule has 0 aromatic rings. The standard InChI is InChI=1S/C17H36O6P2/c1-12(2)20-24(18,21-13(3)4)17(11-10-16(17)9)25(19,22-14(5)6)23-15(7)8/h12-16H,10-11H2,1-9H3. The summed E-state index contributed by atoms with van der Waals surface area (Å²) in [7, 11) is -7.54. The van der Waals surface area contributed by atoms with Crippen molar-refractivity contribution in [2.75, 3.05) is 0 Å². The Bertz CT molecular complexity index is 463. The molecule has 1 rings (SSSR count). The minimum absolute atomic E-state index is 0.154. The zero-order chi connectivity index (χ0) is 19.6. The first-order valence-corrected chi connectivity index (χ1v) is 12.3. The Morgan fingerprint density at radius 1 is 0.720 bits per heavy atom. The molecular weight excluding hydrogens is 362 g/mol. The predicted molar refractivity (Wildman–Crippen MR) is 101 cm³/mol. The van der Waals surface area contributed by atoms with Crippen LogP contribution in [0.4, 0.5) is 0 Å². The van der Waals surface area contributed by atoms with Crippen LogP contribution in [0.15, 0.2) is 0 Å². The van der Waals surface area contributed by atoms with Crippen LogP contribution in [0.1, 0.15) is 75.2 Å². The molecule has 1 fully saturated rings. The van der Waals surface area contributed by atoms with Gasteiger partial charge in [-0.1, -0.05) is 6.92 Å². The lowest BCUT2D eigenvalue weighted by molar-refractivity contribution is 0.0777. The highest BCUT2D eigenvalue weighted by Gasteiger charge is 2.72. The van der Waals surface area contributed by atoms with Crippen LogP contribution in [0.3, 0.4) is 0 Å². The van der Waals surface area contributed by atoms with E-state index in [9.17, 15) is 9.13 Å². The quantitative estimate of drug-likeness (QED) is 0.408. The Morgan fingerprint density at radius 3 is 1.12 bits per heavy atom. The molecule has 0 bridgehead atoms. The van der Waals surface area contributed by atoms with Crippen molar-refractivity contribution < 1.29 is 27.2 Å². The summed E-state index contributed by atoms with van der Waals surface area (Å²) in [5, 5.41) is 0. The lowest BCUT2D eigenvalue weighted by atomic mass is 9.85. The van der Waals surface area contributed by atoms with Gasteiger partial charge < -0.3 is 18.1 Å². The SMILES string of the molecule is CC(C)OP(=O)(OC(C)C)C1(P(=O)(OC(C)C)OC(C)C)CCC1C. The van der Waals surface area contributed by atoms with Crippen LogP contribution < -0.4 is 0 Å². The average Bonchev–Trinajstić information content (AvgIpc) is 2.31. The van der Waals surface area contributed by atoms with Crippen LogP contribution in [-0.2, 0) is 27.2 Å². The van der Waals surface area contributed by atoms with Crippen molar-refractivity contribution in [1.82, 2.24) is 0 Å². The highest BCUT2D eigenvalue weighted by Crippen LogP contribution is 2.86. The molecule has 25 heavy (non-hydrogen) atoms. The van der Waals surface area contributed by atoms with Crippen LogP contribution in [0.5, 0.6) is 0 Å². The molecule has 0 saturated heterocycles. The van der Waals surface area contributed by atoms with Crippen molar-refractivity contribution in [3.05, 3.63) is 0 Å². The molecule has 1 atom stereocenters. The van der Waals surface area contributed by atoms with Gasteiger partial charge in [0.05, 0.1) is 24.4 Å². The number of rotatable bonds is 10. The second-order valence-electron chi connectivity index (χ2n) is 7.93. The van der Waals surface area contributed by atoms with Crippen molar-refractivity contribution in [1.29, 1.82) is 0 Å². The number of hydrogen-bond donors (Lipinski definition) is 0. The summed E-state index contributed by atoms with van der Waals surface area (Å²) in [5.41, 5.74) is 0. The molecule has 1 aliphatic carbocycles. The van der Waals surface area contributed by atoms with Crippen LogP contribution in [0, 0.1) is 5.92 Å². The smallest absolute Gasteiger partial charge is 0.305 e. The van der Waals surface area contributed by atoms with Crippen LogP contribution >= 0.6 is 15.2 Å². The van der Waals surface area contributed by atoms with Gasteiger partial charge in [-0.25, -0.2) is 0 Å². The fourth-order valence-electron chi connectivity index (χ4n) is 3.18. The zero-order valence-electron chi connectivity index (χ0n) is 17.1. The Hall–Kier alpha value is 0.300. The van der Waals surface area contributed by atoms with Gasteiger partial charge in [-0.3, -0.25) is 9.13 Å². The molecule has 0 amide bonds. The van der Waals surface area contributed by atoms with Gasteiger partial charge in [-0.15, -0.1) is 0 Å². The Balaban J connectivity index is 3.53. The molecule has 150 valence electrons. The van der Waals surface area contributed by atoms with E-state index >= 15 is 0 Å². The van der Waals surface area contributed by atoms with E-state index in [1.807, 2.05) is 6.92 Å². The van der Waals surface area contributed by atoms with Gasteiger partial charge in [-0.05, 0) is 74.1 Å². The maximum Gasteiger partial charge on any atom is 0.349 e. The van der Waals surface area contributed by atoms with E-state index in [2.05, 4.69) is 0 Å². The lowest BCUT2D eigenvalue weighted by Crippen LogP contribution is -2.48. The molecule has 1 aliphatic rings. The molecule has 0 heterocycles. The fourth-order valence-corrected chi connectivity index (χ4v) is 10.1. The monoisotopic (exact) mass is 398 g/mol. The maximum atomic E-state index is 14.0. The largest absolute Gasteiger partial charge is 0.349 e. The Kier molecular flexibility index (Phi) is 7.97. The van der Waals surface area contributed by atoms with E-state index in [1.54, 1.807) is 55.4 Å². The van der Waals surface area contributed by atoms with Gasteiger partial charge >= 0.3 is 15.2 Å². The second-order valence-corrected chi connectivity index (χ2v) is 12.7. The van der Waals surface area contributed by atoms with Gasteiger partial charge in [-0.2, -0.15) is 0 Å². The van der Waals surface area contributed by atoms with E-state index in [1.165, 1.54) is 0 Å². The highest BCUT2D eigenvalue weighted by atomic mass is 31.2. The van der Waals surface area contributed by atoms with E-state index in [4.69, 9.17) is 18.1 Å². The van der Waals surface area contributed by atoms with Gasteiger partial charge in [0.25, 0.3) is 0 Å². The molecule has 1 saturated carbocycles. The summed E-state index contributed by atoms with van der Waals surface area (Å²) in [4.78, 5) is -1.26. The van der Waals surface area contributed by atoms with Crippen molar-refractivity contribution >= 4 is 15.2 Å². The minimum atomic E-state index is -3.77. The summed E-state index contributed by atoms with van der Waals surface area (Å²) in [6, 6.07) is 0.